The summed E-state index contributed by atoms with van der Waals surface area (Å²) in [5, 5.41) is 0.545. The van der Waals surface area contributed by atoms with Crippen LogP contribution in [0.5, 0.6) is 0 Å². The van der Waals surface area contributed by atoms with Gasteiger partial charge in [-0.05, 0) is 12.3 Å². The third-order valence-corrected chi connectivity index (χ3v) is 4.29. The summed E-state index contributed by atoms with van der Waals surface area (Å²) in [7, 11) is 0. The number of alkyl halides is 2. The number of halogens is 2. The summed E-state index contributed by atoms with van der Waals surface area (Å²) in [6.07, 6.45) is 2.40. The molecule has 0 aliphatic heterocycles. The minimum Gasteiger partial charge on any atom is -0.436 e. The maximum absolute atomic E-state index is 13.1. The van der Waals surface area contributed by atoms with Gasteiger partial charge in [-0.25, -0.2) is 14.2 Å². The van der Waals surface area contributed by atoms with Crippen molar-refractivity contribution in [3.05, 3.63) is 0 Å². The Hall–Kier alpha value is -2.10. The number of nitrogens with zero attached hydrogens (tertiary/aromatic N) is 1. The number of hydrazine groups is 1. The van der Waals surface area contributed by atoms with Gasteiger partial charge in [0.2, 0.25) is 5.91 Å². The monoisotopic (exact) mass is 394 g/mol. The van der Waals surface area contributed by atoms with Crippen LogP contribution in [-0.4, -0.2) is 47.1 Å². The molecule has 0 bridgehead atoms. The smallest absolute Gasteiger partial charge is 0.405 e. The number of primary amides is 2. The van der Waals surface area contributed by atoms with Crippen molar-refractivity contribution in [2.75, 3.05) is 6.54 Å². The van der Waals surface area contributed by atoms with Crippen molar-refractivity contribution in [3.8, 4) is 0 Å². The van der Waals surface area contributed by atoms with Gasteiger partial charge in [0.15, 0.2) is 6.10 Å². The second kappa shape index (κ2) is 10.8. The number of rotatable bonds is 8. The minimum absolute atomic E-state index is 0.163. The SMILES string of the molecule is NC(=O)CCN(NC(=O)[C@H](CC1CCCCC1)OC(N)=O)C(=O)[C@@H](F)Cl. The van der Waals surface area contributed by atoms with E-state index in [2.05, 4.69) is 5.43 Å². The van der Waals surface area contributed by atoms with Gasteiger partial charge in [0.25, 0.3) is 17.4 Å². The molecule has 5 N–H and O–H groups in total. The highest BCUT2D eigenvalue weighted by Gasteiger charge is 2.31. The van der Waals surface area contributed by atoms with E-state index in [9.17, 15) is 23.6 Å². The van der Waals surface area contributed by atoms with E-state index in [1.165, 1.54) is 0 Å². The predicted octanol–water partition coefficient (Wildman–Crippen LogP) is 0.690. The summed E-state index contributed by atoms with van der Waals surface area (Å²) in [6, 6.07) is 0. The molecule has 1 fully saturated rings. The Morgan fingerprint density at radius 3 is 2.31 bits per heavy atom. The topological polar surface area (TPSA) is 145 Å². The van der Waals surface area contributed by atoms with Crippen molar-refractivity contribution >= 4 is 35.4 Å². The summed E-state index contributed by atoms with van der Waals surface area (Å²) in [5.74, 6) is -2.72. The van der Waals surface area contributed by atoms with Crippen LogP contribution in [-0.2, 0) is 19.1 Å². The van der Waals surface area contributed by atoms with E-state index in [0.29, 0.717) is 5.01 Å². The lowest BCUT2D eigenvalue weighted by atomic mass is 9.85. The average Bonchev–Trinajstić information content (AvgIpc) is 2.57. The van der Waals surface area contributed by atoms with Crippen LogP contribution >= 0.6 is 11.6 Å². The Kier molecular flexibility index (Phi) is 9.11. The van der Waals surface area contributed by atoms with Crippen LogP contribution in [0.4, 0.5) is 9.18 Å². The normalized spacial score (nSPS) is 17.0. The molecular weight excluding hydrogens is 371 g/mol. The van der Waals surface area contributed by atoms with Crippen molar-refractivity contribution < 1.29 is 28.3 Å². The molecule has 11 heteroatoms. The Morgan fingerprint density at radius 2 is 1.81 bits per heavy atom. The lowest BCUT2D eigenvalue weighted by Gasteiger charge is -2.28. The number of nitrogens with two attached hydrogens (primary N) is 2. The molecule has 1 aliphatic rings. The van der Waals surface area contributed by atoms with Gasteiger partial charge in [-0.15, -0.1) is 0 Å². The van der Waals surface area contributed by atoms with E-state index in [0.717, 1.165) is 32.1 Å². The molecule has 148 valence electrons. The molecule has 0 radical (unpaired) electrons. The molecular formula is C15H24ClFN4O5. The van der Waals surface area contributed by atoms with Crippen molar-refractivity contribution in [2.24, 2.45) is 17.4 Å². The lowest BCUT2D eigenvalue weighted by molar-refractivity contribution is -0.147. The molecule has 4 amide bonds. The van der Waals surface area contributed by atoms with Crippen LogP contribution in [0.25, 0.3) is 0 Å². The quantitative estimate of drug-likeness (QED) is 0.409. The number of hydrogen-bond acceptors (Lipinski definition) is 5. The number of ether oxygens (including phenoxy) is 1. The molecule has 0 aromatic heterocycles. The van der Waals surface area contributed by atoms with Crippen LogP contribution < -0.4 is 16.9 Å². The number of carbonyl (C=O) groups excluding carboxylic acids is 4. The number of hydrogen-bond donors (Lipinski definition) is 3. The molecule has 2 atom stereocenters. The van der Waals surface area contributed by atoms with Gasteiger partial charge in [0.05, 0.1) is 6.54 Å². The van der Waals surface area contributed by atoms with E-state index < -0.39 is 35.5 Å². The predicted molar refractivity (Wildman–Crippen MR) is 90.1 cm³/mol. The first-order chi connectivity index (χ1) is 12.2. The van der Waals surface area contributed by atoms with E-state index in [1.807, 2.05) is 0 Å². The average molecular weight is 395 g/mol. The van der Waals surface area contributed by atoms with E-state index in [-0.39, 0.29) is 25.3 Å². The molecule has 9 nitrogen and oxygen atoms in total. The molecule has 1 rings (SSSR count). The molecule has 1 saturated carbocycles. The molecule has 0 unspecified atom stereocenters. The molecule has 1 aliphatic carbocycles. The van der Waals surface area contributed by atoms with Crippen molar-refractivity contribution in [1.29, 1.82) is 0 Å². The molecule has 0 aromatic rings. The highest BCUT2D eigenvalue weighted by atomic mass is 35.5. The van der Waals surface area contributed by atoms with E-state index in [1.54, 1.807) is 0 Å². The summed E-state index contributed by atoms with van der Waals surface area (Å²) < 4.78 is 18.0. The fraction of sp³-hybridized carbons (Fsp3) is 0.733. The maximum atomic E-state index is 13.1. The molecule has 0 spiro atoms. The highest BCUT2D eigenvalue weighted by Crippen LogP contribution is 2.28. The summed E-state index contributed by atoms with van der Waals surface area (Å²) >= 11 is 5.11. The zero-order valence-electron chi connectivity index (χ0n) is 14.3. The lowest BCUT2D eigenvalue weighted by Crippen LogP contribution is -2.53. The molecule has 0 aromatic carbocycles. The van der Waals surface area contributed by atoms with Crippen LogP contribution in [0.2, 0.25) is 0 Å². The zero-order chi connectivity index (χ0) is 19.7. The van der Waals surface area contributed by atoms with Gasteiger partial charge in [-0.2, -0.15) is 0 Å². The Labute approximate surface area is 155 Å². The van der Waals surface area contributed by atoms with Crippen LogP contribution in [0.1, 0.15) is 44.9 Å². The first-order valence-corrected chi connectivity index (χ1v) is 8.78. The van der Waals surface area contributed by atoms with Crippen LogP contribution in [0.15, 0.2) is 0 Å². The largest absolute Gasteiger partial charge is 0.436 e. The fourth-order valence-electron chi connectivity index (χ4n) is 2.84. The third kappa shape index (κ3) is 7.85. The van der Waals surface area contributed by atoms with Crippen molar-refractivity contribution in [3.63, 3.8) is 0 Å². The number of amides is 4. The minimum atomic E-state index is -2.42. The van der Waals surface area contributed by atoms with Crippen LogP contribution in [0, 0.1) is 5.92 Å². The fourth-order valence-corrected chi connectivity index (χ4v) is 2.96. The summed E-state index contributed by atoms with van der Waals surface area (Å²) in [6.45, 7) is -0.375. The maximum Gasteiger partial charge on any atom is 0.405 e. The van der Waals surface area contributed by atoms with E-state index in [4.69, 9.17) is 27.8 Å². The number of carbonyl (C=O) groups is 4. The van der Waals surface area contributed by atoms with Gasteiger partial charge < -0.3 is 16.2 Å². The van der Waals surface area contributed by atoms with Gasteiger partial charge in [-0.1, -0.05) is 43.7 Å². The first kappa shape index (κ1) is 21.9. The van der Waals surface area contributed by atoms with Gasteiger partial charge in [0, 0.05) is 6.42 Å². The highest BCUT2D eigenvalue weighted by molar-refractivity contribution is 6.29. The standard InChI is InChI=1S/C15H24ClFN4O5/c16-12(17)14(24)21(7-6-11(18)22)20-13(23)10(26-15(19)25)8-9-4-2-1-3-5-9/h9-10,12H,1-8H2,(H2,18,22)(H2,19,25)(H,20,23)/t10-,12+/m0/s1. The Morgan fingerprint density at radius 1 is 1.19 bits per heavy atom. The second-order valence-electron chi connectivity index (χ2n) is 6.15. The first-order valence-electron chi connectivity index (χ1n) is 8.35. The Balaban J connectivity index is 2.78. The molecule has 26 heavy (non-hydrogen) atoms. The summed E-state index contributed by atoms with van der Waals surface area (Å²) in [4.78, 5) is 46.1. The Bertz CT molecular complexity index is 528. The molecule has 0 saturated heterocycles. The third-order valence-electron chi connectivity index (χ3n) is 4.10. The zero-order valence-corrected chi connectivity index (χ0v) is 15.0. The molecule has 0 heterocycles. The second-order valence-corrected chi connectivity index (χ2v) is 6.53. The number of nitrogens with one attached hydrogen (secondary N) is 1. The van der Waals surface area contributed by atoms with Crippen molar-refractivity contribution in [2.45, 2.75) is 56.7 Å². The van der Waals surface area contributed by atoms with Gasteiger partial charge >= 0.3 is 6.09 Å². The van der Waals surface area contributed by atoms with Gasteiger partial charge in [-0.3, -0.25) is 19.8 Å². The van der Waals surface area contributed by atoms with Crippen molar-refractivity contribution in [1.82, 2.24) is 10.4 Å². The van der Waals surface area contributed by atoms with Crippen LogP contribution in [0.3, 0.4) is 0 Å². The van der Waals surface area contributed by atoms with E-state index >= 15 is 0 Å². The van der Waals surface area contributed by atoms with Gasteiger partial charge in [0.1, 0.15) is 0 Å². The summed E-state index contributed by atoms with van der Waals surface area (Å²) in [5.41, 5.74) is 9.71.